The smallest absolute Gasteiger partial charge is 0.227 e. The molecule has 1 rings (SSSR count). The Labute approximate surface area is 109 Å². The number of hydrogen-bond donors (Lipinski definition) is 2. The molecule has 0 saturated carbocycles. The molecule has 3 nitrogen and oxygen atoms in total. The fourth-order valence-corrected chi connectivity index (χ4v) is 3.13. The van der Waals surface area contributed by atoms with Crippen molar-refractivity contribution in [2.24, 2.45) is 5.41 Å². The highest BCUT2D eigenvalue weighted by Gasteiger charge is 2.40. The lowest BCUT2D eigenvalue weighted by molar-refractivity contribution is -0.131. The van der Waals surface area contributed by atoms with Crippen molar-refractivity contribution in [3.63, 3.8) is 0 Å². The second kappa shape index (κ2) is 7.27. The Morgan fingerprint density at radius 2 is 2.29 bits per heavy atom. The molecule has 0 radical (unpaired) electrons. The van der Waals surface area contributed by atoms with Gasteiger partial charge in [0, 0.05) is 18.3 Å². The molecule has 1 heterocycles. The molecule has 1 aliphatic heterocycles. The Morgan fingerprint density at radius 1 is 1.53 bits per heavy atom. The van der Waals surface area contributed by atoms with E-state index in [2.05, 4.69) is 31.4 Å². The maximum absolute atomic E-state index is 12.4. The van der Waals surface area contributed by atoms with Crippen LogP contribution >= 0.6 is 11.8 Å². The minimum absolute atomic E-state index is 0.139. The van der Waals surface area contributed by atoms with E-state index >= 15 is 0 Å². The van der Waals surface area contributed by atoms with Gasteiger partial charge in [0.2, 0.25) is 5.91 Å². The lowest BCUT2D eigenvalue weighted by Crippen LogP contribution is -2.46. The van der Waals surface area contributed by atoms with E-state index in [0.29, 0.717) is 0 Å². The maximum Gasteiger partial charge on any atom is 0.227 e. The first-order chi connectivity index (χ1) is 8.14. The van der Waals surface area contributed by atoms with Gasteiger partial charge in [-0.3, -0.25) is 4.79 Å². The summed E-state index contributed by atoms with van der Waals surface area (Å²) in [6.45, 7) is 8.23. The first-order valence-corrected chi connectivity index (χ1v) is 7.89. The highest BCUT2D eigenvalue weighted by Crippen LogP contribution is 2.31. The first-order valence-electron chi connectivity index (χ1n) is 6.74. The highest BCUT2D eigenvalue weighted by molar-refractivity contribution is 7.99. The van der Waals surface area contributed by atoms with Crippen molar-refractivity contribution in [2.45, 2.75) is 46.1 Å². The molecule has 2 atom stereocenters. The quantitative estimate of drug-likeness (QED) is 0.734. The number of carbonyl (C=O) groups is 1. The summed E-state index contributed by atoms with van der Waals surface area (Å²) in [5.41, 5.74) is -0.139. The number of amides is 1. The van der Waals surface area contributed by atoms with Crippen LogP contribution in [0.3, 0.4) is 0 Å². The summed E-state index contributed by atoms with van der Waals surface area (Å²) < 4.78 is 0. The molecule has 1 amide bonds. The van der Waals surface area contributed by atoms with Crippen molar-refractivity contribution in [3.8, 4) is 0 Å². The van der Waals surface area contributed by atoms with E-state index in [1.54, 1.807) is 0 Å². The molecule has 0 spiro atoms. The second-order valence-corrected chi connectivity index (χ2v) is 6.31. The van der Waals surface area contributed by atoms with Gasteiger partial charge >= 0.3 is 0 Å². The van der Waals surface area contributed by atoms with E-state index in [0.717, 1.165) is 43.9 Å². The van der Waals surface area contributed by atoms with Gasteiger partial charge in [-0.1, -0.05) is 20.3 Å². The van der Waals surface area contributed by atoms with Crippen molar-refractivity contribution in [2.75, 3.05) is 24.6 Å². The largest absolute Gasteiger partial charge is 0.352 e. The SMILES string of the molecule is CCCC1(C(=O)NC(C)CSCC)CCNC1. The predicted octanol–water partition coefficient (Wildman–Crippen LogP) is 2.02. The van der Waals surface area contributed by atoms with Gasteiger partial charge in [-0.05, 0) is 32.1 Å². The van der Waals surface area contributed by atoms with E-state index in [1.807, 2.05) is 11.8 Å². The van der Waals surface area contributed by atoms with Crippen molar-refractivity contribution < 1.29 is 4.79 Å². The summed E-state index contributed by atoms with van der Waals surface area (Å²) in [4.78, 5) is 12.4. The molecule has 4 heteroatoms. The molecule has 0 aromatic rings. The second-order valence-electron chi connectivity index (χ2n) is 4.99. The van der Waals surface area contributed by atoms with Crippen LogP contribution in [0.25, 0.3) is 0 Å². The van der Waals surface area contributed by atoms with E-state index in [4.69, 9.17) is 0 Å². The maximum atomic E-state index is 12.4. The van der Waals surface area contributed by atoms with Crippen molar-refractivity contribution >= 4 is 17.7 Å². The van der Waals surface area contributed by atoms with Gasteiger partial charge in [-0.2, -0.15) is 11.8 Å². The number of rotatable bonds is 7. The Kier molecular flexibility index (Phi) is 6.34. The zero-order chi connectivity index (χ0) is 12.7. The molecule has 0 aromatic heterocycles. The van der Waals surface area contributed by atoms with Crippen LogP contribution in [-0.4, -0.2) is 36.5 Å². The number of hydrogen-bond acceptors (Lipinski definition) is 3. The van der Waals surface area contributed by atoms with Crippen LogP contribution in [0, 0.1) is 5.41 Å². The van der Waals surface area contributed by atoms with Gasteiger partial charge in [0.05, 0.1) is 5.41 Å². The van der Waals surface area contributed by atoms with E-state index in [-0.39, 0.29) is 17.4 Å². The average Bonchev–Trinajstić information content (AvgIpc) is 2.76. The monoisotopic (exact) mass is 258 g/mol. The molecular weight excluding hydrogens is 232 g/mol. The highest BCUT2D eigenvalue weighted by atomic mass is 32.2. The third-order valence-corrected chi connectivity index (χ3v) is 4.55. The van der Waals surface area contributed by atoms with Crippen LogP contribution in [0.15, 0.2) is 0 Å². The van der Waals surface area contributed by atoms with E-state index in [9.17, 15) is 4.79 Å². The molecule has 0 aliphatic carbocycles. The van der Waals surface area contributed by atoms with Crippen LogP contribution in [0.1, 0.15) is 40.0 Å². The number of carbonyl (C=O) groups excluding carboxylic acids is 1. The average molecular weight is 258 g/mol. The number of thioether (sulfide) groups is 1. The van der Waals surface area contributed by atoms with Gasteiger partial charge in [-0.25, -0.2) is 0 Å². The predicted molar refractivity (Wildman–Crippen MR) is 75.4 cm³/mol. The summed E-state index contributed by atoms with van der Waals surface area (Å²) in [5.74, 6) is 2.38. The third-order valence-electron chi connectivity index (χ3n) is 3.40. The molecule has 2 unspecified atom stereocenters. The molecule has 1 saturated heterocycles. The van der Waals surface area contributed by atoms with Crippen LogP contribution < -0.4 is 10.6 Å². The summed E-state index contributed by atoms with van der Waals surface area (Å²) in [6, 6.07) is 0.279. The lowest BCUT2D eigenvalue weighted by Gasteiger charge is -2.28. The minimum atomic E-state index is -0.139. The fourth-order valence-electron chi connectivity index (χ4n) is 2.46. The standard InChI is InChI=1S/C13H26N2OS/c1-4-6-13(7-8-14-10-13)12(16)15-11(3)9-17-5-2/h11,14H,4-10H2,1-3H3,(H,15,16). The summed E-state index contributed by atoms with van der Waals surface area (Å²) in [5, 5.41) is 6.51. The first kappa shape index (κ1) is 14.8. The topological polar surface area (TPSA) is 41.1 Å². The molecule has 2 N–H and O–H groups in total. The number of nitrogens with one attached hydrogen (secondary N) is 2. The molecule has 100 valence electrons. The minimum Gasteiger partial charge on any atom is -0.352 e. The van der Waals surface area contributed by atoms with Crippen LogP contribution in [0.4, 0.5) is 0 Å². The van der Waals surface area contributed by atoms with E-state index in [1.165, 1.54) is 0 Å². The van der Waals surface area contributed by atoms with Gasteiger partial charge < -0.3 is 10.6 Å². The molecule has 17 heavy (non-hydrogen) atoms. The van der Waals surface area contributed by atoms with Crippen LogP contribution in [0.5, 0.6) is 0 Å². The van der Waals surface area contributed by atoms with Crippen LogP contribution in [0.2, 0.25) is 0 Å². The lowest BCUT2D eigenvalue weighted by atomic mass is 9.81. The normalized spacial score (nSPS) is 25.8. The Morgan fingerprint density at radius 3 is 2.82 bits per heavy atom. The van der Waals surface area contributed by atoms with Crippen molar-refractivity contribution in [3.05, 3.63) is 0 Å². The molecular formula is C13H26N2OS. The van der Waals surface area contributed by atoms with Gasteiger partial charge in [0.15, 0.2) is 0 Å². The summed E-state index contributed by atoms with van der Waals surface area (Å²) >= 11 is 1.88. The fraction of sp³-hybridized carbons (Fsp3) is 0.923. The Bertz CT molecular complexity index is 240. The Hall–Kier alpha value is -0.220. The Balaban J connectivity index is 2.48. The van der Waals surface area contributed by atoms with Crippen LogP contribution in [-0.2, 0) is 4.79 Å². The summed E-state index contributed by atoms with van der Waals surface area (Å²) in [6.07, 6.45) is 3.06. The summed E-state index contributed by atoms with van der Waals surface area (Å²) in [7, 11) is 0. The van der Waals surface area contributed by atoms with Gasteiger partial charge in [0.25, 0.3) is 0 Å². The third kappa shape index (κ3) is 4.18. The van der Waals surface area contributed by atoms with E-state index < -0.39 is 0 Å². The zero-order valence-electron chi connectivity index (χ0n) is 11.3. The molecule has 1 fully saturated rings. The molecule has 0 bridgehead atoms. The van der Waals surface area contributed by atoms with Crippen molar-refractivity contribution in [1.29, 1.82) is 0 Å². The van der Waals surface area contributed by atoms with Gasteiger partial charge in [-0.15, -0.1) is 0 Å². The zero-order valence-corrected chi connectivity index (χ0v) is 12.2. The molecule has 0 aromatic carbocycles. The van der Waals surface area contributed by atoms with Crippen molar-refractivity contribution in [1.82, 2.24) is 10.6 Å². The molecule has 1 aliphatic rings. The van der Waals surface area contributed by atoms with Gasteiger partial charge in [0.1, 0.15) is 0 Å².